The number of nitrogens with zero attached hydrogens (tertiary/aromatic N) is 2. The third-order valence-corrected chi connectivity index (χ3v) is 4.10. The van der Waals surface area contributed by atoms with E-state index in [0.29, 0.717) is 18.3 Å². The highest BCUT2D eigenvalue weighted by molar-refractivity contribution is 5.74. The molecular weight excluding hydrogens is 308 g/mol. The van der Waals surface area contributed by atoms with Crippen molar-refractivity contribution in [2.75, 3.05) is 6.61 Å². The molecule has 0 saturated carbocycles. The molecule has 2 amide bonds. The molecule has 0 spiro atoms. The van der Waals surface area contributed by atoms with Gasteiger partial charge in [0, 0.05) is 6.61 Å². The summed E-state index contributed by atoms with van der Waals surface area (Å²) in [6.45, 7) is 4.53. The second kappa shape index (κ2) is 7.44. The maximum Gasteiger partial charge on any atom is 0.315 e. The summed E-state index contributed by atoms with van der Waals surface area (Å²) in [5.74, 6) is 0.845. The van der Waals surface area contributed by atoms with Crippen LogP contribution in [0, 0.1) is 0 Å². The number of carbonyl (C=O) groups is 1. The van der Waals surface area contributed by atoms with E-state index in [9.17, 15) is 4.79 Å². The summed E-state index contributed by atoms with van der Waals surface area (Å²) in [6, 6.07) is 8.00. The Bertz CT molecular complexity index is 701. The highest BCUT2D eigenvalue weighted by Crippen LogP contribution is 2.30. The molecule has 128 valence electrons. The van der Waals surface area contributed by atoms with Gasteiger partial charge in [0.2, 0.25) is 5.89 Å². The highest BCUT2D eigenvalue weighted by Gasteiger charge is 2.23. The number of fused-ring (bicyclic) bond motifs is 1. The van der Waals surface area contributed by atoms with Gasteiger partial charge in [0.1, 0.15) is 6.10 Å². The molecule has 1 aromatic heterocycles. The summed E-state index contributed by atoms with van der Waals surface area (Å²) in [6.07, 6.45) is 1.68. The topological polar surface area (TPSA) is 89.3 Å². The first-order valence-corrected chi connectivity index (χ1v) is 8.23. The van der Waals surface area contributed by atoms with Crippen molar-refractivity contribution in [1.82, 2.24) is 20.8 Å². The van der Waals surface area contributed by atoms with Crippen LogP contribution in [0.25, 0.3) is 0 Å². The van der Waals surface area contributed by atoms with E-state index in [4.69, 9.17) is 9.26 Å². The van der Waals surface area contributed by atoms with Crippen LogP contribution in [-0.2, 0) is 17.7 Å². The van der Waals surface area contributed by atoms with Crippen molar-refractivity contribution in [3.05, 3.63) is 47.1 Å². The lowest BCUT2D eigenvalue weighted by Gasteiger charge is -2.14. The minimum Gasteiger partial charge on any atom is -0.371 e. The molecule has 7 nitrogen and oxygen atoms in total. The van der Waals surface area contributed by atoms with Crippen LogP contribution in [-0.4, -0.2) is 22.8 Å². The summed E-state index contributed by atoms with van der Waals surface area (Å²) < 4.78 is 10.5. The van der Waals surface area contributed by atoms with E-state index in [-0.39, 0.29) is 24.7 Å². The number of hydrogen-bond donors (Lipinski definition) is 2. The lowest BCUT2D eigenvalue weighted by atomic mass is 10.1. The van der Waals surface area contributed by atoms with Crippen LogP contribution in [0.2, 0.25) is 0 Å². The molecule has 24 heavy (non-hydrogen) atoms. The van der Waals surface area contributed by atoms with Gasteiger partial charge in [0.15, 0.2) is 5.82 Å². The van der Waals surface area contributed by atoms with Crippen LogP contribution >= 0.6 is 0 Å². The Morgan fingerprint density at radius 1 is 1.46 bits per heavy atom. The number of carbonyl (C=O) groups excluding carboxylic acids is 1. The molecule has 2 atom stereocenters. The third kappa shape index (κ3) is 3.73. The van der Waals surface area contributed by atoms with Crippen molar-refractivity contribution in [2.45, 2.75) is 45.4 Å². The van der Waals surface area contributed by atoms with Crippen molar-refractivity contribution in [3.8, 4) is 0 Å². The minimum atomic E-state index is -0.241. The average Bonchev–Trinajstić information content (AvgIpc) is 3.21. The van der Waals surface area contributed by atoms with E-state index in [0.717, 1.165) is 12.8 Å². The van der Waals surface area contributed by atoms with Crippen LogP contribution in [0.1, 0.15) is 55.3 Å². The molecule has 1 aliphatic carbocycles. The van der Waals surface area contributed by atoms with Crippen molar-refractivity contribution >= 4 is 6.03 Å². The fourth-order valence-corrected chi connectivity index (χ4v) is 2.90. The molecule has 3 rings (SSSR count). The summed E-state index contributed by atoms with van der Waals surface area (Å²) in [5, 5.41) is 9.61. The summed E-state index contributed by atoms with van der Waals surface area (Å²) in [7, 11) is 0. The minimum absolute atomic E-state index is 0.0532. The predicted octanol–water partition coefficient (Wildman–Crippen LogP) is 2.65. The van der Waals surface area contributed by atoms with Crippen LogP contribution in [0.5, 0.6) is 0 Å². The monoisotopic (exact) mass is 330 g/mol. The first kappa shape index (κ1) is 16.4. The molecule has 0 aliphatic heterocycles. The van der Waals surface area contributed by atoms with Crippen LogP contribution in [0.4, 0.5) is 4.79 Å². The molecule has 0 saturated heterocycles. The van der Waals surface area contributed by atoms with E-state index in [1.54, 1.807) is 0 Å². The number of aryl methyl sites for hydroxylation is 1. The molecule has 1 aromatic carbocycles. The fraction of sp³-hybridized carbons (Fsp3) is 0.471. The van der Waals surface area contributed by atoms with Gasteiger partial charge in [-0.3, -0.25) is 0 Å². The number of urea groups is 1. The molecule has 2 aromatic rings. The van der Waals surface area contributed by atoms with E-state index in [1.165, 1.54) is 11.1 Å². The summed E-state index contributed by atoms with van der Waals surface area (Å²) in [4.78, 5) is 16.3. The van der Waals surface area contributed by atoms with Crippen molar-refractivity contribution in [1.29, 1.82) is 0 Å². The molecule has 7 heteroatoms. The van der Waals surface area contributed by atoms with Gasteiger partial charge < -0.3 is 19.9 Å². The summed E-state index contributed by atoms with van der Waals surface area (Å²) >= 11 is 0. The zero-order chi connectivity index (χ0) is 16.9. The Labute approximate surface area is 140 Å². The number of hydrogen-bond acceptors (Lipinski definition) is 5. The zero-order valence-electron chi connectivity index (χ0n) is 13.9. The number of amides is 2. The van der Waals surface area contributed by atoms with Crippen molar-refractivity contribution in [3.63, 3.8) is 0 Å². The average molecular weight is 330 g/mol. The first-order valence-electron chi connectivity index (χ1n) is 8.23. The van der Waals surface area contributed by atoms with Gasteiger partial charge in [-0.25, -0.2) is 4.79 Å². The smallest absolute Gasteiger partial charge is 0.315 e. The highest BCUT2D eigenvalue weighted by atomic mass is 16.5. The zero-order valence-corrected chi connectivity index (χ0v) is 13.9. The van der Waals surface area contributed by atoms with Crippen LogP contribution < -0.4 is 10.6 Å². The summed E-state index contributed by atoms with van der Waals surface area (Å²) in [5.41, 5.74) is 2.49. The molecule has 0 fully saturated rings. The van der Waals surface area contributed by atoms with Gasteiger partial charge in [-0.15, -0.1) is 0 Å². The number of benzene rings is 1. The van der Waals surface area contributed by atoms with Gasteiger partial charge >= 0.3 is 6.03 Å². The van der Waals surface area contributed by atoms with Crippen LogP contribution in [0.3, 0.4) is 0 Å². The lowest BCUT2D eigenvalue weighted by molar-refractivity contribution is 0.0683. The second-order valence-corrected chi connectivity index (χ2v) is 5.76. The van der Waals surface area contributed by atoms with Gasteiger partial charge in [-0.05, 0) is 37.8 Å². The van der Waals surface area contributed by atoms with Crippen molar-refractivity contribution in [2.24, 2.45) is 0 Å². The predicted molar refractivity (Wildman–Crippen MR) is 87.2 cm³/mol. The second-order valence-electron chi connectivity index (χ2n) is 5.76. The maximum absolute atomic E-state index is 12.1. The number of aromatic nitrogens is 2. The quantitative estimate of drug-likeness (QED) is 0.850. The third-order valence-electron chi connectivity index (χ3n) is 4.10. The van der Waals surface area contributed by atoms with Gasteiger partial charge in [0.05, 0.1) is 12.6 Å². The van der Waals surface area contributed by atoms with Crippen molar-refractivity contribution < 1.29 is 14.1 Å². The molecule has 1 aliphatic rings. The molecular formula is C17H22N4O3. The SMILES string of the molecule is CCO[C@@H](C)c1noc(CNC(=O)N[C@@H]2CCc3ccccc32)n1. The van der Waals surface area contributed by atoms with Gasteiger partial charge in [0.25, 0.3) is 0 Å². The molecule has 1 heterocycles. The van der Waals surface area contributed by atoms with E-state index in [1.807, 2.05) is 26.0 Å². The first-order chi connectivity index (χ1) is 11.7. The Balaban J connectivity index is 1.50. The Hall–Kier alpha value is -2.41. The molecule has 0 bridgehead atoms. The normalized spacial score (nSPS) is 17.3. The Morgan fingerprint density at radius 3 is 3.12 bits per heavy atom. The maximum atomic E-state index is 12.1. The number of ether oxygens (including phenoxy) is 1. The number of nitrogens with one attached hydrogen (secondary N) is 2. The van der Waals surface area contributed by atoms with E-state index in [2.05, 4.69) is 32.9 Å². The molecule has 0 radical (unpaired) electrons. The van der Waals surface area contributed by atoms with Gasteiger partial charge in [-0.1, -0.05) is 29.4 Å². The number of rotatable bonds is 6. The Kier molecular flexibility index (Phi) is 5.10. The lowest BCUT2D eigenvalue weighted by Crippen LogP contribution is -2.37. The van der Waals surface area contributed by atoms with E-state index < -0.39 is 0 Å². The van der Waals surface area contributed by atoms with E-state index >= 15 is 0 Å². The largest absolute Gasteiger partial charge is 0.371 e. The fourth-order valence-electron chi connectivity index (χ4n) is 2.90. The molecule has 0 unspecified atom stereocenters. The molecule has 2 N–H and O–H groups in total. The van der Waals surface area contributed by atoms with Crippen LogP contribution in [0.15, 0.2) is 28.8 Å². The Morgan fingerprint density at radius 2 is 2.29 bits per heavy atom. The van der Waals surface area contributed by atoms with Gasteiger partial charge in [-0.2, -0.15) is 4.98 Å². The standard InChI is InChI=1S/C17H22N4O3/c1-3-23-11(2)16-20-15(24-21-16)10-18-17(22)19-14-9-8-12-6-4-5-7-13(12)14/h4-7,11,14H,3,8-10H2,1-2H3,(H2,18,19,22)/t11-,14+/m0/s1.